The van der Waals surface area contributed by atoms with Gasteiger partial charge in [0, 0.05) is 5.75 Å². The first-order valence-electron chi connectivity index (χ1n) is 4.88. The van der Waals surface area contributed by atoms with Crippen molar-refractivity contribution in [3.05, 3.63) is 42.0 Å². The van der Waals surface area contributed by atoms with Gasteiger partial charge in [-0.3, -0.25) is 0 Å². The molecule has 0 fully saturated rings. The van der Waals surface area contributed by atoms with Gasteiger partial charge in [-0.25, -0.2) is 9.07 Å². The Morgan fingerprint density at radius 3 is 3.00 bits per heavy atom. The number of hydrogen-bond donors (Lipinski definition) is 1. The normalized spacial score (nSPS) is 18.9. The first-order valence-corrected chi connectivity index (χ1v) is 5.86. The molecule has 6 heteroatoms. The Morgan fingerprint density at radius 1 is 1.38 bits per heavy atom. The molecule has 4 nitrogen and oxygen atoms in total. The van der Waals surface area contributed by atoms with E-state index in [9.17, 15) is 4.39 Å². The van der Waals surface area contributed by atoms with Gasteiger partial charge >= 0.3 is 0 Å². The lowest BCUT2D eigenvalue weighted by molar-refractivity contribution is 0.622. The summed E-state index contributed by atoms with van der Waals surface area (Å²) in [6.45, 7) is 0. The van der Waals surface area contributed by atoms with Crippen LogP contribution in [0.3, 0.4) is 0 Å². The quantitative estimate of drug-likeness (QED) is 0.820. The summed E-state index contributed by atoms with van der Waals surface area (Å²) in [5, 5.41) is 8.63. The van der Waals surface area contributed by atoms with Crippen molar-refractivity contribution in [2.75, 3.05) is 11.2 Å². The van der Waals surface area contributed by atoms with E-state index < -0.39 is 0 Å². The van der Waals surface area contributed by atoms with Crippen LogP contribution in [0.1, 0.15) is 11.6 Å². The minimum absolute atomic E-state index is 0.161. The summed E-state index contributed by atoms with van der Waals surface area (Å²) in [7, 11) is 0. The van der Waals surface area contributed by atoms with Gasteiger partial charge in [-0.15, -0.1) is 10.2 Å². The summed E-state index contributed by atoms with van der Waals surface area (Å²) in [4.78, 5) is 0. The predicted molar refractivity (Wildman–Crippen MR) is 59.2 cm³/mol. The van der Waals surface area contributed by atoms with Crippen molar-refractivity contribution >= 4 is 11.8 Å². The Labute approximate surface area is 95.8 Å². The van der Waals surface area contributed by atoms with Crippen LogP contribution in [-0.4, -0.2) is 20.6 Å². The molecule has 2 heterocycles. The summed E-state index contributed by atoms with van der Waals surface area (Å²) < 4.78 is 14.6. The molecule has 0 aliphatic carbocycles. The van der Waals surface area contributed by atoms with E-state index in [0.717, 1.165) is 16.5 Å². The van der Waals surface area contributed by atoms with Crippen LogP contribution in [0.4, 0.5) is 4.39 Å². The molecule has 2 aromatic rings. The Morgan fingerprint density at radius 2 is 2.19 bits per heavy atom. The van der Waals surface area contributed by atoms with Crippen LogP contribution in [0.2, 0.25) is 0 Å². The first-order chi connectivity index (χ1) is 7.83. The molecule has 0 saturated carbocycles. The van der Waals surface area contributed by atoms with Gasteiger partial charge in [-0.2, -0.15) is 0 Å². The fraction of sp³-hybridized carbons (Fsp3) is 0.200. The zero-order chi connectivity index (χ0) is 11.0. The number of rotatable bonds is 1. The lowest BCUT2D eigenvalue weighted by Gasteiger charge is -2.25. The highest BCUT2D eigenvalue weighted by Crippen LogP contribution is 2.28. The van der Waals surface area contributed by atoms with Crippen LogP contribution in [0.25, 0.3) is 0 Å². The third kappa shape index (κ3) is 1.65. The molecule has 0 radical (unpaired) electrons. The van der Waals surface area contributed by atoms with E-state index in [-0.39, 0.29) is 11.9 Å². The van der Waals surface area contributed by atoms with E-state index in [1.807, 2.05) is 0 Å². The molecule has 1 aliphatic heterocycles. The summed E-state index contributed by atoms with van der Waals surface area (Å²) in [6, 6.07) is 6.70. The van der Waals surface area contributed by atoms with Gasteiger partial charge in [0.15, 0.2) is 0 Å². The molecule has 3 rings (SSSR count). The third-order valence-electron chi connectivity index (χ3n) is 2.46. The van der Waals surface area contributed by atoms with Gasteiger partial charge in [-0.05, 0) is 17.7 Å². The van der Waals surface area contributed by atoms with E-state index in [2.05, 4.69) is 15.6 Å². The van der Waals surface area contributed by atoms with Crippen LogP contribution < -0.4 is 5.43 Å². The highest BCUT2D eigenvalue weighted by molar-refractivity contribution is 7.99. The molecule has 1 unspecified atom stereocenters. The predicted octanol–water partition coefficient (Wildman–Crippen LogP) is 1.81. The zero-order valence-corrected chi connectivity index (χ0v) is 9.12. The Hall–Kier alpha value is -1.56. The maximum atomic E-state index is 12.8. The lowest BCUT2D eigenvalue weighted by Crippen LogP contribution is -2.27. The van der Waals surface area contributed by atoms with Crippen LogP contribution >= 0.6 is 11.8 Å². The number of halogens is 1. The Bertz CT molecular complexity index is 496. The minimum Gasteiger partial charge on any atom is -0.314 e. The Kier molecular flexibility index (Phi) is 2.28. The zero-order valence-electron chi connectivity index (χ0n) is 8.30. The number of fused-ring (bicyclic) bond motifs is 1. The van der Waals surface area contributed by atoms with E-state index in [4.69, 9.17) is 0 Å². The van der Waals surface area contributed by atoms with Crippen molar-refractivity contribution in [2.45, 2.75) is 11.2 Å². The number of nitrogens with zero attached hydrogens (tertiary/aromatic N) is 3. The van der Waals surface area contributed by atoms with Gasteiger partial charge in [0.25, 0.3) is 0 Å². The molecule has 1 aromatic heterocycles. The maximum Gasteiger partial charge on any atom is 0.209 e. The molecule has 0 amide bonds. The molecule has 1 aliphatic rings. The van der Waals surface area contributed by atoms with E-state index in [1.54, 1.807) is 34.9 Å². The minimum atomic E-state index is -0.211. The molecular weight excluding hydrogens is 227 g/mol. The number of hydrogen-bond acceptors (Lipinski definition) is 4. The second-order valence-electron chi connectivity index (χ2n) is 3.53. The number of nitrogens with one attached hydrogen (secondary N) is 1. The van der Waals surface area contributed by atoms with Gasteiger partial charge < -0.3 is 5.43 Å². The van der Waals surface area contributed by atoms with Gasteiger partial charge in [0.1, 0.15) is 12.1 Å². The van der Waals surface area contributed by atoms with Gasteiger partial charge in [0.2, 0.25) is 5.16 Å². The first kappa shape index (κ1) is 9.65. The SMILES string of the molecule is Fc1ccc(C2CSc3nncn3N2)cc1. The summed E-state index contributed by atoms with van der Waals surface area (Å²) in [6.07, 6.45) is 1.64. The van der Waals surface area contributed by atoms with Crippen molar-refractivity contribution in [2.24, 2.45) is 0 Å². The van der Waals surface area contributed by atoms with E-state index >= 15 is 0 Å². The molecule has 16 heavy (non-hydrogen) atoms. The van der Waals surface area contributed by atoms with Crippen molar-refractivity contribution < 1.29 is 4.39 Å². The lowest BCUT2D eigenvalue weighted by atomic mass is 10.1. The molecular formula is C10H9FN4S. The molecule has 82 valence electrons. The molecule has 0 saturated heterocycles. The molecule has 1 aromatic carbocycles. The summed E-state index contributed by atoms with van der Waals surface area (Å²) in [5.41, 5.74) is 4.32. The summed E-state index contributed by atoms with van der Waals surface area (Å²) >= 11 is 1.64. The molecule has 0 bridgehead atoms. The number of benzene rings is 1. The summed E-state index contributed by atoms with van der Waals surface area (Å²) in [5.74, 6) is 0.654. The van der Waals surface area contributed by atoms with Crippen molar-refractivity contribution in [3.63, 3.8) is 0 Å². The average molecular weight is 236 g/mol. The number of thioether (sulfide) groups is 1. The van der Waals surface area contributed by atoms with E-state index in [0.29, 0.717) is 0 Å². The van der Waals surface area contributed by atoms with Crippen LogP contribution in [0.15, 0.2) is 35.7 Å². The average Bonchev–Trinajstić information content (AvgIpc) is 2.77. The number of aromatic nitrogens is 3. The second kappa shape index (κ2) is 3.79. The highest BCUT2D eigenvalue weighted by atomic mass is 32.2. The van der Waals surface area contributed by atoms with Crippen molar-refractivity contribution in [1.29, 1.82) is 0 Å². The highest BCUT2D eigenvalue weighted by Gasteiger charge is 2.20. The molecule has 1 N–H and O–H groups in total. The standard InChI is InChI=1S/C10H9FN4S/c11-8-3-1-7(2-4-8)9-5-16-10-13-12-6-15(10)14-9/h1-4,6,9,14H,5H2. The van der Waals surface area contributed by atoms with Gasteiger partial charge in [-0.1, -0.05) is 23.9 Å². The second-order valence-corrected chi connectivity index (χ2v) is 4.51. The molecule has 1 atom stereocenters. The third-order valence-corrected chi connectivity index (χ3v) is 3.50. The van der Waals surface area contributed by atoms with Crippen molar-refractivity contribution in [3.8, 4) is 0 Å². The van der Waals surface area contributed by atoms with Crippen LogP contribution in [0, 0.1) is 5.82 Å². The fourth-order valence-electron chi connectivity index (χ4n) is 1.64. The topological polar surface area (TPSA) is 42.7 Å². The largest absolute Gasteiger partial charge is 0.314 e. The van der Waals surface area contributed by atoms with Crippen molar-refractivity contribution in [1.82, 2.24) is 14.9 Å². The van der Waals surface area contributed by atoms with Gasteiger partial charge in [0.05, 0.1) is 6.04 Å². The molecule has 0 spiro atoms. The van der Waals surface area contributed by atoms with E-state index in [1.165, 1.54) is 12.1 Å². The van der Waals surface area contributed by atoms with Crippen LogP contribution in [0.5, 0.6) is 0 Å². The van der Waals surface area contributed by atoms with Crippen LogP contribution in [-0.2, 0) is 0 Å². The smallest absolute Gasteiger partial charge is 0.209 e. The Balaban J connectivity index is 1.86. The monoisotopic (exact) mass is 236 g/mol. The fourth-order valence-corrected chi connectivity index (χ4v) is 2.57. The maximum absolute atomic E-state index is 12.8.